The van der Waals surface area contributed by atoms with Crippen LogP contribution in [0.15, 0.2) is 78.9 Å². The first kappa shape index (κ1) is 23.5. The summed E-state index contributed by atoms with van der Waals surface area (Å²) in [7, 11) is 1.35. The van der Waals surface area contributed by atoms with Crippen molar-refractivity contribution in [3.05, 3.63) is 101 Å². The van der Waals surface area contributed by atoms with Gasteiger partial charge in [0.2, 0.25) is 0 Å². The van der Waals surface area contributed by atoms with Gasteiger partial charge in [-0.05, 0) is 47.0 Å². The highest BCUT2D eigenvalue weighted by Gasteiger charge is 2.13. The zero-order valence-electron chi connectivity index (χ0n) is 17.8. The van der Waals surface area contributed by atoms with Crippen molar-refractivity contribution in [2.45, 2.75) is 12.6 Å². The monoisotopic (exact) mass is 451 g/mol. The standard InChI is InChI=1S/C26H26ClNO4/c1-31-26(30)25(15-19-7-11-22(27)12-8-19)21-9-13-24(14-10-21)32-18-23(29)17-28-16-20-5-3-2-4-6-20/h2-15,23,28-29H,16-18H2,1H3. The molecule has 3 rings (SSSR count). The van der Waals surface area contributed by atoms with Gasteiger partial charge in [0.25, 0.3) is 0 Å². The number of rotatable bonds is 10. The molecule has 0 saturated carbocycles. The third-order valence-corrected chi connectivity index (χ3v) is 5.00. The summed E-state index contributed by atoms with van der Waals surface area (Å²) < 4.78 is 10.6. The minimum Gasteiger partial charge on any atom is -0.491 e. The topological polar surface area (TPSA) is 67.8 Å². The first-order chi connectivity index (χ1) is 15.5. The van der Waals surface area contributed by atoms with Gasteiger partial charge in [0.1, 0.15) is 18.5 Å². The van der Waals surface area contributed by atoms with Gasteiger partial charge in [-0.25, -0.2) is 4.79 Å². The molecule has 32 heavy (non-hydrogen) atoms. The van der Waals surface area contributed by atoms with Crippen LogP contribution in [0.5, 0.6) is 5.75 Å². The molecule has 0 fully saturated rings. The molecule has 0 aliphatic heterocycles. The lowest BCUT2D eigenvalue weighted by atomic mass is 10.0. The van der Waals surface area contributed by atoms with Gasteiger partial charge in [0, 0.05) is 18.1 Å². The summed E-state index contributed by atoms with van der Waals surface area (Å²) in [5.74, 6) is 0.167. The van der Waals surface area contributed by atoms with Crippen LogP contribution >= 0.6 is 11.6 Å². The highest BCUT2D eigenvalue weighted by atomic mass is 35.5. The van der Waals surface area contributed by atoms with Crippen LogP contribution in [0.3, 0.4) is 0 Å². The number of hydrogen-bond acceptors (Lipinski definition) is 5. The fourth-order valence-corrected chi connectivity index (χ4v) is 3.18. The maximum atomic E-state index is 12.3. The molecule has 3 aromatic carbocycles. The number of benzene rings is 3. The highest BCUT2D eigenvalue weighted by Crippen LogP contribution is 2.23. The molecule has 0 heterocycles. The Kier molecular flexibility index (Phi) is 8.87. The van der Waals surface area contributed by atoms with Crippen molar-refractivity contribution in [1.82, 2.24) is 5.32 Å². The number of aliphatic hydroxyl groups is 1. The van der Waals surface area contributed by atoms with Crippen molar-refractivity contribution in [1.29, 1.82) is 0 Å². The molecule has 6 heteroatoms. The van der Waals surface area contributed by atoms with Crippen LogP contribution in [-0.2, 0) is 16.1 Å². The van der Waals surface area contributed by atoms with Crippen molar-refractivity contribution < 1.29 is 19.4 Å². The van der Waals surface area contributed by atoms with E-state index in [9.17, 15) is 9.90 Å². The molecule has 0 aromatic heterocycles. The molecule has 0 saturated heterocycles. The number of halogens is 1. The summed E-state index contributed by atoms with van der Waals surface area (Å²) in [6.07, 6.45) is 1.11. The second kappa shape index (κ2) is 12.1. The molecule has 0 amide bonds. The molecule has 2 N–H and O–H groups in total. The van der Waals surface area contributed by atoms with Crippen molar-refractivity contribution in [3.63, 3.8) is 0 Å². The Bertz CT molecular complexity index is 1020. The van der Waals surface area contributed by atoms with E-state index in [0.717, 1.165) is 11.1 Å². The molecule has 1 unspecified atom stereocenters. The molecular weight excluding hydrogens is 426 g/mol. The maximum absolute atomic E-state index is 12.3. The minimum atomic E-state index is -0.645. The molecule has 0 spiro atoms. The van der Waals surface area contributed by atoms with E-state index in [2.05, 4.69) is 5.32 Å². The highest BCUT2D eigenvalue weighted by molar-refractivity contribution is 6.30. The zero-order chi connectivity index (χ0) is 22.8. The Morgan fingerprint density at radius 1 is 1.03 bits per heavy atom. The van der Waals surface area contributed by atoms with Crippen molar-refractivity contribution in [2.75, 3.05) is 20.3 Å². The lowest BCUT2D eigenvalue weighted by molar-refractivity contribution is -0.133. The third kappa shape index (κ3) is 7.24. The fourth-order valence-electron chi connectivity index (χ4n) is 3.06. The van der Waals surface area contributed by atoms with E-state index in [1.807, 2.05) is 42.5 Å². The number of hydrogen-bond donors (Lipinski definition) is 2. The fraction of sp³-hybridized carbons (Fsp3) is 0.192. The molecule has 0 aliphatic carbocycles. The number of carbonyl (C=O) groups excluding carboxylic acids is 1. The molecular formula is C26H26ClNO4. The number of esters is 1. The van der Waals surface area contributed by atoms with E-state index < -0.39 is 12.1 Å². The molecule has 3 aromatic rings. The normalized spacial score (nSPS) is 12.3. The maximum Gasteiger partial charge on any atom is 0.338 e. The Labute approximate surface area is 193 Å². The van der Waals surface area contributed by atoms with Crippen LogP contribution in [-0.4, -0.2) is 37.4 Å². The predicted octanol–water partition coefficient (Wildman–Crippen LogP) is 4.58. The zero-order valence-corrected chi connectivity index (χ0v) is 18.6. The van der Waals surface area contributed by atoms with Crippen molar-refractivity contribution in [3.8, 4) is 5.75 Å². The van der Waals surface area contributed by atoms with Gasteiger partial charge in [-0.2, -0.15) is 0 Å². The largest absolute Gasteiger partial charge is 0.491 e. The summed E-state index contributed by atoms with van der Waals surface area (Å²) in [4.78, 5) is 12.3. The predicted molar refractivity (Wildman–Crippen MR) is 127 cm³/mol. The van der Waals surface area contributed by atoms with E-state index >= 15 is 0 Å². The lowest BCUT2D eigenvalue weighted by Crippen LogP contribution is -2.31. The van der Waals surface area contributed by atoms with Gasteiger partial charge in [0.15, 0.2) is 0 Å². The van der Waals surface area contributed by atoms with E-state index in [-0.39, 0.29) is 6.61 Å². The van der Waals surface area contributed by atoms with Crippen LogP contribution < -0.4 is 10.1 Å². The van der Waals surface area contributed by atoms with E-state index in [1.165, 1.54) is 7.11 Å². The number of ether oxygens (including phenoxy) is 2. The summed E-state index contributed by atoms with van der Waals surface area (Å²) in [5, 5.41) is 14.0. The van der Waals surface area contributed by atoms with Crippen LogP contribution in [0.2, 0.25) is 5.02 Å². The summed E-state index contributed by atoms with van der Waals surface area (Å²) in [6, 6.07) is 24.3. The quantitative estimate of drug-likeness (QED) is 0.268. The number of carbonyl (C=O) groups is 1. The van der Waals surface area contributed by atoms with Crippen LogP contribution in [0.4, 0.5) is 0 Å². The van der Waals surface area contributed by atoms with Gasteiger partial charge < -0.3 is 19.9 Å². The van der Waals surface area contributed by atoms with Gasteiger partial charge in [-0.1, -0.05) is 66.2 Å². The smallest absolute Gasteiger partial charge is 0.338 e. The van der Waals surface area contributed by atoms with E-state index in [4.69, 9.17) is 21.1 Å². The Balaban J connectivity index is 1.56. The van der Waals surface area contributed by atoms with E-state index in [0.29, 0.717) is 35.0 Å². The first-order valence-electron chi connectivity index (χ1n) is 10.3. The SMILES string of the molecule is COC(=O)C(=Cc1ccc(Cl)cc1)c1ccc(OCC(O)CNCc2ccccc2)cc1. The molecule has 0 radical (unpaired) electrons. The second-order valence-corrected chi connectivity index (χ2v) is 7.64. The molecule has 5 nitrogen and oxygen atoms in total. The van der Waals surface area contributed by atoms with Gasteiger partial charge in [-0.3, -0.25) is 0 Å². The number of methoxy groups -OCH3 is 1. The Hall–Kier alpha value is -3.12. The number of aliphatic hydroxyl groups excluding tert-OH is 1. The van der Waals surface area contributed by atoms with Gasteiger partial charge in [0.05, 0.1) is 12.7 Å². The number of nitrogens with one attached hydrogen (secondary N) is 1. The lowest BCUT2D eigenvalue weighted by Gasteiger charge is -2.14. The van der Waals surface area contributed by atoms with E-state index in [1.54, 1.807) is 42.5 Å². The van der Waals surface area contributed by atoms with Crippen molar-refractivity contribution in [2.24, 2.45) is 0 Å². The van der Waals surface area contributed by atoms with Crippen LogP contribution in [0.25, 0.3) is 11.6 Å². The first-order valence-corrected chi connectivity index (χ1v) is 10.6. The van der Waals surface area contributed by atoms with Crippen molar-refractivity contribution >= 4 is 29.2 Å². The average molecular weight is 452 g/mol. The molecule has 0 aliphatic rings. The third-order valence-electron chi connectivity index (χ3n) is 4.75. The minimum absolute atomic E-state index is 0.158. The Morgan fingerprint density at radius 2 is 1.72 bits per heavy atom. The molecule has 0 bridgehead atoms. The van der Waals surface area contributed by atoms with Gasteiger partial charge >= 0.3 is 5.97 Å². The average Bonchev–Trinajstić information content (AvgIpc) is 2.83. The van der Waals surface area contributed by atoms with Gasteiger partial charge in [-0.15, -0.1) is 0 Å². The Morgan fingerprint density at radius 3 is 2.38 bits per heavy atom. The summed E-state index contributed by atoms with van der Waals surface area (Å²) in [5.41, 5.74) is 3.11. The van der Waals surface area contributed by atoms with Crippen LogP contribution in [0.1, 0.15) is 16.7 Å². The molecule has 1 atom stereocenters. The van der Waals surface area contributed by atoms with Crippen LogP contribution in [0, 0.1) is 0 Å². The summed E-state index contributed by atoms with van der Waals surface area (Å²) in [6.45, 7) is 1.26. The second-order valence-electron chi connectivity index (χ2n) is 7.21. The summed E-state index contributed by atoms with van der Waals surface area (Å²) >= 11 is 5.93. The molecule has 166 valence electrons.